The molecule has 0 bridgehead atoms. The van der Waals surface area contributed by atoms with Crippen molar-refractivity contribution in [1.29, 1.82) is 0 Å². The van der Waals surface area contributed by atoms with Crippen molar-refractivity contribution >= 4 is 5.78 Å². The predicted molar refractivity (Wildman–Crippen MR) is 52.5 cm³/mol. The summed E-state index contributed by atoms with van der Waals surface area (Å²) in [4.78, 5) is 11.8. The first-order chi connectivity index (χ1) is 6.17. The lowest BCUT2D eigenvalue weighted by Crippen LogP contribution is -2.33. The van der Waals surface area contributed by atoms with Gasteiger partial charge in [0, 0.05) is 13.5 Å². The summed E-state index contributed by atoms with van der Waals surface area (Å²) in [5, 5.41) is 0. The van der Waals surface area contributed by atoms with Gasteiger partial charge in [-0.05, 0) is 6.92 Å². The van der Waals surface area contributed by atoms with Crippen LogP contribution in [0.4, 0.5) is 0 Å². The Morgan fingerprint density at radius 2 is 2.31 bits per heavy atom. The molecule has 0 amide bonds. The fourth-order valence-corrected chi connectivity index (χ4v) is 1.74. The molecule has 1 atom stereocenters. The molecule has 1 rings (SSSR count). The van der Waals surface area contributed by atoms with Crippen molar-refractivity contribution < 1.29 is 9.53 Å². The molecule has 0 aromatic heterocycles. The van der Waals surface area contributed by atoms with Gasteiger partial charge in [0.05, 0.1) is 12.0 Å². The Kier molecular flexibility index (Phi) is 3.04. The highest BCUT2D eigenvalue weighted by molar-refractivity contribution is 5.90. The third kappa shape index (κ3) is 1.59. The molecular formula is C11H16O2. The number of Topliss-reactive ketones (excluding diaryl/α,β-unsaturated/α-hetero) is 1. The average Bonchev–Trinajstić information content (AvgIpc) is 2.48. The van der Waals surface area contributed by atoms with Crippen LogP contribution in [0.3, 0.4) is 0 Å². The van der Waals surface area contributed by atoms with Gasteiger partial charge < -0.3 is 4.74 Å². The lowest BCUT2D eigenvalue weighted by atomic mass is 9.79. The first kappa shape index (κ1) is 10.2. The number of hydrogen-bond donors (Lipinski definition) is 0. The molecule has 0 saturated carbocycles. The van der Waals surface area contributed by atoms with Crippen LogP contribution < -0.4 is 0 Å². The summed E-state index contributed by atoms with van der Waals surface area (Å²) in [6, 6.07) is 0. The van der Waals surface area contributed by atoms with E-state index in [1.807, 2.05) is 32.1 Å². The Morgan fingerprint density at radius 3 is 2.69 bits per heavy atom. The van der Waals surface area contributed by atoms with Gasteiger partial charge in [0.25, 0.3) is 0 Å². The molecular weight excluding hydrogens is 164 g/mol. The van der Waals surface area contributed by atoms with Crippen LogP contribution in [-0.2, 0) is 9.53 Å². The maximum Gasteiger partial charge on any atom is 0.148 e. The van der Waals surface area contributed by atoms with Crippen molar-refractivity contribution in [3.05, 3.63) is 23.8 Å². The highest BCUT2D eigenvalue weighted by Gasteiger charge is 2.37. The number of carbonyl (C=O) groups excluding carboxylic acids is 1. The van der Waals surface area contributed by atoms with Crippen LogP contribution in [0.15, 0.2) is 23.8 Å². The van der Waals surface area contributed by atoms with Gasteiger partial charge in [0.2, 0.25) is 0 Å². The van der Waals surface area contributed by atoms with Gasteiger partial charge in [-0.15, -0.1) is 0 Å². The number of ether oxygens (including phenoxy) is 1. The molecule has 1 aliphatic rings. The van der Waals surface area contributed by atoms with Gasteiger partial charge in [-0.2, -0.15) is 0 Å². The highest BCUT2D eigenvalue weighted by Crippen LogP contribution is 2.35. The van der Waals surface area contributed by atoms with Crippen molar-refractivity contribution in [3.63, 3.8) is 0 Å². The van der Waals surface area contributed by atoms with E-state index < -0.39 is 5.41 Å². The first-order valence-electron chi connectivity index (χ1n) is 4.56. The molecule has 0 aromatic rings. The van der Waals surface area contributed by atoms with Crippen molar-refractivity contribution in [3.8, 4) is 0 Å². The second-order valence-corrected chi connectivity index (χ2v) is 3.39. The third-order valence-corrected chi connectivity index (χ3v) is 2.62. The number of ketones is 1. The second kappa shape index (κ2) is 3.88. The molecule has 0 radical (unpaired) electrons. The van der Waals surface area contributed by atoms with E-state index in [0.717, 1.165) is 5.57 Å². The standard InChI is InChI=1S/C11H16O2/c1-4-10(12)11(8-13-3)7-5-6-9(11)2/h5-7H,4,8H2,1-3H3. The molecule has 0 N–H and O–H groups in total. The molecule has 2 heteroatoms. The SMILES string of the molecule is CCC(=O)C1(COC)C=CC=C1C. The molecule has 0 fully saturated rings. The van der Waals surface area contributed by atoms with Crippen LogP contribution >= 0.6 is 0 Å². The summed E-state index contributed by atoms with van der Waals surface area (Å²) in [7, 11) is 1.63. The van der Waals surface area contributed by atoms with Gasteiger partial charge in [-0.1, -0.05) is 30.7 Å². The summed E-state index contributed by atoms with van der Waals surface area (Å²) in [5.41, 5.74) is 0.616. The second-order valence-electron chi connectivity index (χ2n) is 3.39. The maximum atomic E-state index is 11.8. The van der Waals surface area contributed by atoms with Crippen LogP contribution in [0.2, 0.25) is 0 Å². The number of methoxy groups -OCH3 is 1. The Morgan fingerprint density at radius 1 is 1.62 bits per heavy atom. The zero-order valence-electron chi connectivity index (χ0n) is 8.46. The largest absolute Gasteiger partial charge is 0.383 e. The van der Waals surface area contributed by atoms with Gasteiger partial charge in [-0.3, -0.25) is 4.79 Å². The van der Waals surface area contributed by atoms with E-state index in [-0.39, 0.29) is 5.78 Å². The third-order valence-electron chi connectivity index (χ3n) is 2.62. The Hall–Kier alpha value is -0.890. The fraction of sp³-hybridized carbons (Fsp3) is 0.545. The van der Waals surface area contributed by atoms with Crippen LogP contribution in [0.25, 0.3) is 0 Å². The Bertz CT molecular complexity index is 263. The summed E-state index contributed by atoms with van der Waals surface area (Å²) in [5.74, 6) is 0.233. The van der Waals surface area contributed by atoms with Crippen LogP contribution in [-0.4, -0.2) is 19.5 Å². The van der Waals surface area contributed by atoms with Gasteiger partial charge in [-0.25, -0.2) is 0 Å². The molecule has 1 aliphatic carbocycles. The smallest absolute Gasteiger partial charge is 0.148 e. The normalized spacial score (nSPS) is 26.2. The Labute approximate surface area is 79.3 Å². The van der Waals surface area contributed by atoms with E-state index in [0.29, 0.717) is 13.0 Å². The first-order valence-corrected chi connectivity index (χ1v) is 4.56. The van der Waals surface area contributed by atoms with Crippen molar-refractivity contribution in [2.75, 3.05) is 13.7 Å². The molecule has 72 valence electrons. The van der Waals surface area contributed by atoms with E-state index in [1.54, 1.807) is 7.11 Å². The lowest BCUT2D eigenvalue weighted by molar-refractivity contribution is -0.126. The minimum absolute atomic E-state index is 0.233. The fourth-order valence-electron chi connectivity index (χ4n) is 1.74. The molecule has 1 unspecified atom stereocenters. The van der Waals surface area contributed by atoms with Gasteiger partial charge in [0.15, 0.2) is 0 Å². The molecule has 0 heterocycles. The molecule has 2 nitrogen and oxygen atoms in total. The number of rotatable bonds is 4. The van der Waals surface area contributed by atoms with E-state index >= 15 is 0 Å². The topological polar surface area (TPSA) is 26.3 Å². The van der Waals surface area contributed by atoms with Gasteiger partial charge in [0.1, 0.15) is 5.78 Å². The van der Waals surface area contributed by atoms with Crippen molar-refractivity contribution in [1.82, 2.24) is 0 Å². The minimum Gasteiger partial charge on any atom is -0.383 e. The van der Waals surface area contributed by atoms with Crippen LogP contribution in [0, 0.1) is 5.41 Å². The predicted octanol–water partition coefficient (Wildman–Crippen LogP) is 2.11. The minimum atomic E-state index is -0.469. The Balaban J connectivity index is 2.95. The average molecular weight is 180 g/mol. The monoisotopic (exact) mass is 180 g/mol. The van der Waals surface area contributed by atoms with E-state index in [1.165, 1.54) is 0 Å². The van der Waals surface area contributed by atoms with Crippen LogP contribution in [0.5, 0.6) is 0 Å². The molecule has 13 heavy (non-hydrogen) atoms. The van der Waals surface area contributed by atoms with E-state index in [4.69, 9.17) is 4.74 Å². The maximum absolute atomic E-state index is 11.8. The number of allylic oxidation sites excluding steroid dienone is 2. The lowest BCUT2D eigenvalue weighted by Gasteiger charge is -2.26. The van der Waals surface area contributed by atoms with E-state index in [9.17, 15) is 4.79 Å². The number of carbonyl (C=O) groups is 1. The van der Waals surface area contributed by atoms with E-state index in [2.05, 4.69) is 0 Å². The summed E-state index contributed by atoms with van der Waals surface area (Å²) < 4.78 is 5.11. The summed E-state index contributed by atoms with van der Waals surface area (Å²) >= 11 is 0. The summed E-state index contributed by atoms with van der Waals surface area (Å²) in [6.07, 6.45) is 6.41. The quantitative estimate of drug-likeness (QED) is 0.662. The number of hydrogen-bond acceptors (Lipinski definition) is 2. The molecule has 0 spiro atoms. The molecule has 0 aromatic carbocycles. The van der Waals surface area contributed by atoms with Crippen molar-refractivity contribution in [2.45, 2.75) is 20.3 Å². The highest BCUT2D eigenvalue weighted by atomic mass is 16.5. The molecule has 0 saturated heterocycles. The zero-order chi connectivity index (χ0) is 9.90. The van der Waals surface area contributed by atoms with Crippen molar-refractivity contribution in [2.24, 2.45) is 5.41 Å². The van der Waals surface area contributed by atoms with Crippen LogP contribution in [0.1, 0.15) is 20.3 Å². The zero-order valence-corrected chi connectivity index (χ0v) is 8.46. The summed E-state index contributed by atoms with van der Waals surface area (Å²) in [6.45, 7) is 4.32. The molecule has 0 aliphatic heterocycles. The van der Waals surface area contributed by atoms with Gasteiger partial charge >= 0.3 is 0 Å².